The van der Waals surface area contributed by atoms with Crippen LogP contribution in [0.15, 0.2) is 29.6 Å². The van der Waals surface area contributed by atoms with Crippen LogP contribution in [0.3, 0.4) is 0 Å². The van der Waals surface area contributed by atoms with E-state index in [1.165, 1.54) is 22.1 Å². The van der Waals surface area contributed by atoms with E-state index < -0.39 is 0 Å². The van der Waals surface area contributed by atoms with Crippen LogP contribution >= 0.6 is 11.3 Å². The lowest BCUT2D eigenvalue weighted by atomic mass is 9.82. The molecule has 1 nitrogen and oxygen atoms in total. The van der Waals surface area contributed by atoms with Crippen LogP contribution in [0.2, 0.25) is 0 Å². The van der Waals surface area contributed by atoms with E-state index in [4.69, 9.17) is 0 Å². The fourth-order valence-electron chi connectivity index (χ4n) is 2.49. The van der Waals surface area contributed by atoms with E-state index in [9.17, 15) is 0 Å². The quantitative estimate of drug-likeness (QED) is 0.773. The SMILES string of the molecule is CC1(c2csc3ccccc23)CCNC1. The van der Waals surface area contributed by atoms with Gasteiger partial charge in [0.1, 0.15) is 0 Å². The second kappa shape index (κ2) is 3.32. The summed E-state index contributed by atoms with van der Waals surface area (Å²) in [5.41, 5.74) is 1.88. The summed E-state index contributed by atoms with van der Waals surface area (Å²) in [7, 11) is 0. The zero-order valence-corrected chi connectivity index (χ0v) is 9.73. The Balaban J connectivity index is 2.18. The van der Waals surface area contributed by atoms with Crippen molar-refractivity contribution in [3.05, 3.63) is 35.2 Å². The van der Waals surface area contributed by atoms with Gasteiger partial charge in [0, 0.05) is 16.7 Å². The van der Waals surface area contributed by atoms with E-state index in [1.54, 1.807) is 0 Å². The molecule has 2 aromatic rings. The predicted molar refractivity (Wildman–Crippen MR) is 66.7 cm³/mol. The Morgan fingerprint density at radius 2 is 2.20 bits per heavy atom. The van der Waals surface area contributed by atoms with E-state index in [1.807, 2.05) is 11.3 Å². The maximum absolute atomic E-state index is 3.47. The average Bonchev–Trinajstić information content (AvgIpc) is 2.84. The number of hydrogen-bond acceptors (Lipinski definition) is 2. The molecule has 0 saturated carbocycles. The molecule has 1 saturated heterocycles. The lowest BCUT2D eigenvalue weighted by molar-refractivity contribution is 0.531. The molecule has 0 aliphatic carbocycles. The van der Waals surface area contributed by atoms with Gasteiger partial charge in [-0.05, 0) is 35.4 Å². The number of rotatable bonds is 1. The van der Waals surface area contributed by atoms with Gasteiger partial charge in [0.15, 0.2) is 0 Å². The second-order valence-corrected chi connectivity index (χ2v) is 5.54. The van der Waals surface area contributed by atoms with Crippen LogP contribution in [0, 0.1) is 0 Å². The predicted octanol–water partition coefficient (Wildman–Crippen LogP) is 3.15. The first-order chi connectivity index (χ1) is 7.30. The van der Waals surface area contributed by atoms with Gasteiger partial charge in [-0.25, -0.2) is 0 Å². The van der Waals surface area contributed by atoms with Crippen molar-refractivity contribution >= 4 is 21.4 Å². The summed E-state index contributed by atoms with van der Waals surface area (Å²) in [6.07, 6.45) is 1.26. The van der Waals surface area contributed by atoms with Gasteiger partial charge >= 0.3 is 0 Å². The maximum Gasteiger partial charge on any atom is 0.0345 e. The summed E-state index contributed by atoms with van der Waals surface area (Å²) in [6.45, 7) is 4.65. The molecule has 0 radical (unpaired) electrons. The average molecular weight is 217 g/mol. The summed E-state index contributed by atoms with van der Waals surface area (Å²) in [4.78, 5) is 0. The summed E-state index contributed by atoms with van der Waals surface area (Å²) < 4.78 is 1.42. The van der Waals surface area contributed by atoms with Gasteiger partial charge in [-0.2, -0.15) is 0 Å². The van der Waals surface area contributed by atoms with E-state index in [-0.39, 0.29) is 0 Å². The van der Waals surface area contributed by atoms with Crippen LogP contribution in [0.1, 0.15) is 18.9 Å². The molecular formula is C13H15NS. The molecule has 1 aromatic heterocycles. The third kappa shape index (κ3) is 1.40. The Bertz CT molecular complexity index is 480. The van der Waals surface area contributed by atoms with E-state index >= 15 is 0 Å². The highest BCUT2D eigenvalue weighted by atomic mass is 32.1. The normalized spacial score (nSPS) is 26.2. The zero-order valence-electron chi connectivity index (χ0n) is 8.92. The van der Waals surface area contributed by atoms with E-state index in [2.05, 4.69) is 41.9 Å². The van der Waals surface area contributed by atoms with Crippen LogP contribution in [-0.4, -0.2) is 13.1 Å². The Hall–Kier alpha value is -0.860. The first kappa shape index (κ1) is 9.37. The standard InChI is InChI=1S/C13H15NS/c1-13(6-7-14-9-13)11-8-15-12-5-3-2-4-10(11)12/h2-5,8,14H,6-7,9H2,1H3. The minimum absolute atomic E-state index is 0.347. The van der Waals surface area contributed by atoms with Crippen molar-refractivity contribution in [3.63, 3.8) is 0 Å². The van der Waals surface area contributed by atoms with Crippen molar-refractivity contribution in [2.75, 3.05) is 13.1 Å². The fourth-order valence-corrected chi connectivity index (χ4v) is 3.61. The maximum atomic E-state index is 3.47. The molecule has 1 aliphatic rings. The lowest BCUT2D eigenvalue weighted by Crippen LogP contribution is -2.24. The molecule has 2 heterocycles. The van der Waals surface area contributed by atoms with Gasteiger partial charge in [-0.1, -0.05) is 25.1 Å². The highest BCUT2D eigenvalue weighted by Gasteiger charge is 2.32. The largest absolute Gasteiger partial charge is 0.316 e. The fraction of sp³-hybridized carbons (Fsp3) is 0.385. The van der Waals surface area contributed by atoms with Crippen molar-refractivity contribution in [2.45, 2.75) is 18.8 Å². The van der Waals surface area contributed by atoms with Crippen molar-refractivity contribution in [2.24, 2.45) is 0 Å². The number of thiophene rings is 1. The van der Waals surface area contributed by atoms with Crippen molar-refractivity contribution in [1.82, 2.24) is 5.32 Å². The Kier molecular flexibility index (Phi) is 2.08. The van der Waals surface area contributed by atoms with Crippen LogP contribution in [0.25, 0.3) is 10.1 Å². The molecule has 1 N–H and O–H groups in total. The minimum Gasteiger partial charge on any atom is -0.316 e. The summed E-state index contributed by atoms with van der Waals surface area (Å²) in [5.74, 6) is 0. The molecule has 1 aliphatic heterocycles. The van der Waals surface area contributed by atoms with Gasteiger partial charge in [0.05, 0.1) is 0 Å². The number of benzene rings is 1. The van der Waals surface area contributed by atoms with Crippen LogP contribution in [0.5, 0.6) is 0 Å². The molecule has 0 spiro atoms. The van der Waals surface area contributed by atoms with E-state index in [0.717, 1.165) is 13.1 Å². The van der Waals surface area contributed by atoms with Crippen molar-refractivity contribution < 1.29 is 0 Å². The molecule has 78 valence electrons. The Morgan fingerprint density at radius 1 is 1.33 bits per heavy atom. The second-order valence-electron chi connectivity index (χ2n) is 4.63. The molecule has 0 bridgehead atoms. The molecule has 2 heteroatoms. The Labute approximate surface area is 94.1 Å². The van der Waals surface area contributed by atoms with Crippen molar-refractivity contribution in [3.8, 4) is 0 Å². The van der Waals surface area contributed by atoms with Crippen molar-refractivity contribution in [1.29, 1.82) is 0 Å². The first-order valence-electron chi connectivity index (χ1n) is 5.47. The topological polar surface area (TPSA) is 12.0 Å². The minimum atomic E-state index is 0.347. The van der Waals surface area contributed by atoms with Gasteiger partial charge in [0.25, 0.3) is 0 Å². The molecule has 1 atom stereocenters. The number of nitrogens with one attached hydrogen (secondary N) is 1. The van der Waals surface area contributed by atoms with Crippen LogP contribution in [-0.2, 0) is 5.41 Å². The van der Waals surface area contributed by atoms with Crippen LogP contribution in [0.4, 0.5) is 0 Å². The van der Waals surface area contributed by atoms with Gasteiger partial charge in [-0.3, -0.25) is 0 Å². The molecule has 15 heavy (non-hydrogen) atoms. The highest BCUT2D eigenvalue weighted by molar-refractivity contribution is 7.17. The molecule has 1 fully saturated rings. The number of fused-ring (bicyclic) bond motifs is 1. The molecule has 3 rings (SSSR count). The van der Waals surface area contributed by atoms with Gasteiger partial charge < -0.3 is 5.32 Å². The molecule has 1 aromatic carbocycles. The van der Waals surface area contributed by atoms with Crippen LogP contribution < -0.4 is 5.32 Å². The third-order valence-corrected chi connectivity index (χ3v) is 4.46. The highest BCUT2D eigenvalue weighted by Crippen LogP contribution is 2.38. The monoisotopic (exact) mass is 217 g/mol. The molecule has 1 unspecified atom stereocenters. The summed E-state index contributed by atoms with van der Waals surface area (Å²) in [6, 6.07) is 8.74. The van der Waals surface area contributed by atoms with E-state index in [0.29, 0.717) is 5.41 Å². The zero-order chi connectivity index (χ0) is 10.3. The Morgan fingerprint density at radius 3 is 3.00 bits per heavy atom. The molecule has 0 amide bonds. The first-order valence-corrected chi connectivity index (χ1v) is 6.35. The smallest absolute Gasteiger partial charge is 0.0345 e. The number of hydrogen-bond donors (Lipinski definition) is 1. The lowest BCUT2D eigenvalue weighted by Gasteiger charge is -2.22. The summed E-state index contributed by atoms with van der Waals surface area (Å²) in [5, 5.41) is 7.27. The van der Waals surface area contributed by atoms with Gasteiger partial charge in [-0.15, -0.1) is 11.3 Å². The molecular weight excluding hydrogens is 202 g/mol. The van der Waals surface area contributed by atoms with Gasteiger partial charge in [0.2, 0.25) is 0 Å². The third-order valence-electron chi connectivity index (χ3n) is 3.50. The summed E-state index contributed by atoms with van der Waals surface area (Å²) >= 11 is 1.87.